The van der Waals surface area contributed by atoms with Crippen LogP contribution < -0.4 is 10.5 Å². The van der Waals surface area contributed by atoms with E-state index in [2.05, 4.69) is 10.1 Å². The normalized spacial score (nSPS) is 10.9. The molecule has 3 N–H and O–H groups in total. The molecule has 1 aromatic carbocycles. The summed E-state index contributed by atoms with van der Waals surface area (Å²) >= 11 is 0. The van der Waals surface area contributed by atoms with Crippen molar-refractivity contribution in [2.24, 2.45) is 5.10 Å². The van der Waals surface area contributed by atoms with Gasteiger partial charge in [0.15, 0.2) is 0 Å². The summed E-state index contributed by atoms with van der Waals surface area (Å²) in [5, 5.41) is 13.1. The van der Waals surface area contributed by atoms with Gasteiger partial charge >= 0.3 is 5.97 Å². The Hall–Kier alpha value is -2.83. The number of hydrogen-bond acceptors (Lipinski definition) is 5. The number of aryl methyl sites for hydroxylation is 1. The lowest BCUT2D eigenvalue weighted by molar-refractivity contribution is 0.0697. The number of ether oxygens (including phenoxy) is 1. The summed E-state index contributed by atoms with van der Waals surface area (Å²) in [6.45, 7) is 1.80. The zero-order valence-corrected chi connectivity index (χ0v) is 11.1. The number of imidazole rings is 1. The van der Waals surface area contributed by atoms with Gasteiger partial charge in [0.05, 0.1) is 30.8 Å². The number of anilines is 1. The van der Waals surface area contributed by atoms with Gasteiger partial charge in [-0.05, 0) is 25.1 Å². The molecule has 1 heterocycles. The number of nitrogens with two attached hydrogens (primary N) is 1. The van der Waals surface area contributed by atoms with Crippen molar-refractivity contribution in [2.45, 2.75) is 6.92 Å². The number of carboxylic acid groups (broad SMARTS) is 1. The molecule has 1 aromatic heterocycles. The summed E-state index contributed by atoms with van der Waals surface area (Å²) in [6, 6.07) is 4.52. The number of methoxy groups -OCH3 is 1. The van der Waals surface area contributed by atoms with Crippen LogP contribution in [0.4, 0.5) is 5.95 Å². The second-order valence-electron chi connectivity index (χ2n) is 4.09. The summed E-state index contributed by atoms with van der Waals surface area (Å²) in [5.74, 6) is -0.235. The monoisotopic (exact) mass is 274 g/mol. The second kappa shape index (κ2) is 5.43. The Morgan fingerprint density at radius 2 is 2.30 bits per heavy atom. The summed E-state index contributed by atoms with van der Waals surface area (Å²) < 4.78 is 6.57. The molecule has 0 unspecified atom stereocenters. The lowest BCUT2D eigenvalue weighted by Gasteiger charge is -2.05. The molecule has 0 amide bonds. The molecular formula is C13H14N4O3. The molecule has 7 heteroatoms. The maximum absolute atomic E-state index is 11.0. The van der Waals surface area contributed by atoms with E-state index in [1.54, 1.807) is 19.2 Å². The SMILES string of the molecule is COc1ccc(C(=O)O)cc1C=Nn1cc(C)nc1N. The van der Waals surface area contributed by atoms with Gasteiger partial charge in [-0.25, -0.2) is 14.5 Å². The van der Waals surface area contributed by atoms with Crippen molar-refractivity contribution in [3.8, 4) is 5.75 Å². The highest BCUT2D eigenvalue weighted by Crippen LogP contribution is 2.18. The Balaban J connectivity index is 2.38. The van der Waals surface area contributed by atoms with Crippen molar-refractivity contribution in [3.63, 3.8) is 0 Å². The molecule has 0 saturated heterocycles. The van der Waals surface area contributed by atoms with Gasteiger partial charge in [0.25, 0.3) is 0 Å². The number of hydrogen-bond donors (Lipinski definition) is 2. The van der Waals surface area contributed by atoms with E-state index in [9.17, 15) is 4.79 Å². The molecule has 104 valence electrons. The highest BCUT2D eigenvalue weighted by molar-refractivity contribution is 5.92. The molecular weight excluding hydrogens is 260 g/mol. The van der Waals surface area contributed by atoms with Crippen LogP contribution in [0.2, 0.25) is 0 Å². The standard InChI is InChI=1S/C13H14N4O3/c1-8-7-17(13(14)16-8)15-6-10-5-9(12(18)19)3-4-11(10)20-2/h3-7H,1-2H3,(H2,14,16)(H,18,19). The van der Waals surface area contributed by atoms with Crippen molar-refractivity contribution in [3.05, 3.63) is 41.2 Å². The zero-order valence-electron chi connectivity index (χ0n) is 11.1. The van der Waals surface area contributed by atoms with Crippen molar-refractivity contribution in [1.82, 2.24) is 9.66 Å². The number of aromatic nitrogens is 2. The largest absolute Gasteiger partial charge is 0.496 e. The van der Waals surface area contributed by atoms with Gasteiger partial charge in [-0.1, -0.05) is 0 Å². The van der Waals surface area contributed by atoms with E-state index in [0.717, 1.165) is 5.69 Å². The minimum Gasteiger partial charge on any atom is -0.496 e. The Bertz CT molecular complexity index is 676. The Kier molecular flexibility index (Phi) is 3.69. The Morgan fingerprint density at radius 3 is 2.85 bits per heavy atom. The number of carboxylic acids is 1. The molecule has 0 aliphatic carbocycles. The molecule has 0 spiro atoms. The van der Waals surface area contributed by atoms with Crippen LogP contribution in [0.25, 0.3) is 0 Å². The highest BCUT2D eigenvalue weighted by atomic mass is 16.5. The van der Waals surface area contributed by atoms with Gasteiger partial charge in [0, 0.05) is 5.56 Å². The lowest BCUT2D eigenvalue weighted by atomic mass is 10.1. The first-order valence-corrected chi connectivity index (χ1v) is 5.78. The maximum Gasteiger partial charge on any atom is 0.335 e. The molecule has 0 aliphatic rings. The van der Waals surface area contributed by atoms with Crippen LogP contribution in [-0.2, 0) is 0 Å². The van der Waals surface area contributed by atoms with Crippen LogP contribution in [0.15, 0.2) is 29.5 Å². The predicted octanol–water partition coefficient (Wildman–Crippen LogP) is 1.36. The third-order valence-corrected chi connectivity index (χ3v) is 2.63. The quantitative estimate of drug-likeness (QED) is 0.819. The molecule has 2 aromatic rings. The van der Waals surface area contributed by atoms with Crippen molar-refractivity contribution in [2.75, 3.05) is 12.8 Å². The molecule has 0 fully saturated rings. The fourth-order valence-corrected chi connectivity index (χ4v) is 1.69. The minimum absolute atomic E-state index is 0.155. The number of aromatic carboxylic acids is 1. The molecule has 0 aliphatic heterocycles. The fraction of sp³-hybridized carbons (Fsp3) is 0.154. The first kappa shape index (κ1) is 13.6. The molecule has 20 heavy (non-hydrogen) atoms. The van der Waals surface area contributed by atoms with E-state index in [0.29, 0.717) is 11.3 Å². The van der Waals surface area contributed by atoms with Crippen LogP contribution in [-0.4, -0.2) is 34.1 Å². The average Bonchev–Trinajstić information content (AvgIpc) is 2.74. The summed E-state index contributed by atoms with van der Waals surface area (Å²) in [4.78, 5) is 15.0. The first-order chi connectivity index (χ1) is 9.51. The van der Waals surface area contributed by atoms with Crippen molar-refractivity contribution in [1.29, 1.82) is 0 Å². The van der Waals surface area contributed by atoms with Gasteiger partial charge in [-0.3, -0.25) is 0 Å². The van der Waals surface area contributed by atoms with Crippen molar-refractivity contribution < 1.29 is 14.6 Å². The molecule has 7 nitrogen and oxygen atoms in total. The number of nitrogen functional groups attached to an aromatic ring is 1. The van der Waals surface area contributed by atoms with E-state index >= 15 is 0 Å². The highest BCUT2D eigenvalue weighted by Gasteiger charge is 2.08. The summed E-state index contributed by atoms with van der Waals surface area (Å²) in [6.07, 6.45) is 3.14. The van der Waals surface area contributed by atoms with Gasteiger partial charge in [-0.2, -0.15) is 5.10 Å². The van der Waals surface area contributed by atoms with Gasteiger partial charge < -0.3 is 15.6 Å². The van der Waals surface area contributed by atoms with E-state index in [1.807, 2.05) is 0 Å². The minimum atomic E-state index is -1.01. The van der Waals surface area contributed by atoms with Crippen LogP contribution in [0.5, 0.6) is 5.75 Å². The number of rotatable bonds is 4. The van der Waals surface area contributed by atoms with E-state index in [1.165, 1.54) is 30.1 Å². The number of benzene rings is 1. The van der Waals surface area contributed by atoms with Crippen LogP contribution >= 0.6 is 0 Å². The predicted molar refractivity (Wildman–Crippen MR) is 74.3 cm³/mol. The average molecular weight is 274 g/mol. The maximum atomic E-state index is 11.0. The summed E-state index contributed by atoms with van der Waals surface area (Å²) in [5.41, 5.74) is 7.10. The third kappa shape index (κ3) is 2.77. The van der Waals surface area contributed by atoms with E-state index in [4.69, 9.17) is 15.6 Å². The van der Waals surface area contributed by atoms with Crippen LogP contribution in [0.3, 0.4) is 0 Å². The van der Waals surface area contributed by atoms with E-state index < -0.39 is 5.97 Å². The third-order valence-electron chi connectivity index (χ3n) is 2.63. The molecule has 0 atom stereocenters. The fourth-order valence-electron chi connectivity index (χ4n) is 1.69. The van der Waals surface area contributed by atoms with Gasteiger partial charge in [0.2, 0.25) is 5.95 Å². The molecule has 0 saturated carbocycles. The Labute approximate surface area is 115 Å². The van der Waals surface area contributed by atoms with Crippen LogP contribution in [0.1, 0.15) is 21.6 Å². The smallest absolute Gasteiger partial charge is 0.335 e. The van der Waals surface area contributed by atoms with Gasteiger partial charge in [-0.15, -0.1) is 0 Å². The zero-order chi connectivity index (χ0) is 14.7. The second-order valence-corrected chi connectivity index (χ2v) is 4.09. The van der Waals surface area contributed by atoms with Gasteiger partial charge in [0.1, 0.15) is 5.75 Å². The number of carbonyl (C=O) groups is 1. The van der Waals surface area contributed by atoms with Crippen LogP contribution in [0, 0.1) is 6.92 Å². The topological polar surface area (TPSA) is 103 Å². The first-order valence-electron chi connectivity index (χ1n) is 5.78. The van der Waals surface area contributed by atoms with Crippen molar-refractivity contribution >= 4 is 18.1 Å². The molecule has 2 rings (SSSR count). The van der Waals surface area contributed by atoms with E-state index in [-0.39, 0.29) is 11.5 Å². The molecule has 0 bridgehead atoms. The number of nitrogens with zero attached hydrogens (tertiary/aromatic N) is 3. The summed E-state index contributed by atoms with van der Waals surface area (Å²) in [7, 11) is 1.50. The molecule has 0 radical (unpaired) electrons. The Morgan fingerprint density at radius 1 is 1.55 bits per heavy atom. The lowest BCUT2D eigenvalue weighted by Crippen LogP contribution is -2.01.